The highest BCUT2D eigenvalue weighted by atomic mass is 35.5. The van der Waals surface area contributed by atoms with E-state index in [1.807, 2.05) is 0 Å². The van der Waals surface area contributed by atoms with Crippen molar-refractivity contribution in [1.29, 1.82) is 0 Å². The predicted molar refractivity (Wildman–Crippen MR) is 108 cm³/mol. The van der Waals surface area contributed by atoms with Crippen LogP contribution in [0.1, 0.15) is 24.6 Å². The van der Waals surface area contributed by atoms with E-state index in [9.17, 15) is 8.42 Å². The van der Waals surface area contributed by atoms with Crippen LogP contribution in [-0.4, -0.2) is 45.7 Å². The molecule has 148 valence electrons. The second kappa shape index (κ2) is 7.03. The van der Waals surface area contributed by atoms with E-state index < -0.39 is 10.0 Å². The smallest absolute Gasteiger partial charge is 0.246 e. The van der Waals surface area contributed by atoms with Gasteiger partial charge in [-0.1, -0.05) is 29.3 Å². The fourth-order valence-corrected chi connectivity index (χ4v) is 5.94. The summed E-state index contributed by atoms with van der Waals surface area (Å²) in [6, 6.07) is 4.63. The number of piperidine rings is 1. The number of rotatable bonds is 3. The molecule has 9 nitrogen and oxygen atoms in total. The average molecular weight is 442 g/mol. The van der Waals surface area contributed by atoms with Gasteiger partial charge >= 0.3 is 0 Å². The molecule has 3 aromatic rings. The number of fused-ring (bicyclic) bond motifs is 1. The maximum absolute atomic E-state index is 13.0. The Labute approximate surface area is 171 Å². The number of benzene rings is 1. The summed E-state index contributed by atoms with van der Waals surface area (Å²) in [5.41, 5.74) is 12.4. The Morgan fingerprint density at radius 1 is 1.07 bits per heavy atom. The van der Waals surface area contributed by atoms with E-state index in [0.29, 0.717) is 42.9 Å². The molecular weight excluding hydrogens is 425 g/mol. The molecule has 2 aromatic heterocycles. The van der Waals surface area contributed by atoms with E-state index in [4.69, 9.17) is 34.7 Å². The lowest BCUT2D eigenvalue weighted by Crippen LogP contribution is -2.38. The molecule has 0 spiro atoms. The maximum atomic E-state index is 13.0. The first-order valence-electron chi connectivity index (χ1n) is 8.50. The molecule has 0 atom stereocenters. The molecule has 12 heteroatoms. The molecule has 0 radical (unpaired) electrons. The van der Waals surface area contributed by atoms with Crippen molar-refractivity contribution in [3.05, 3.63) is 34.1 Å². The summed E-state index contributed by atoms with van der Waals surface area (Å²) in [5.74, 6) is 1.01. The third-order valence-electron chi connectivity index (χ3n) is 4.77. The zero-order valence-electron chi connectivity index (χ0n) is 14.6. The quantitative estimate of drug-likeness (QED) is 0.565. The number of halogens is 2. The average Bonchev–Trinajstić information content (AvgIpc) is 3.06. The van der Waals surface area contributed by atoms with E-state index >= 15 is 0 Å². The zero-order valence-corrected chi connectivity index (χ0v) is 16.9. The van der Waals surface area contributed by atoms with E-state index in [1.165, 1.54) is 16.4 Å². The maximum Gasteiger partial charge on any atom is 0.246 e. The lowest BCUT2D eigenvalue weighted by molar-refractivity contribution is 0.314. The summed E-state index contributed by atoms with van der Waals surface area (Å²) >= 11 is 12.2. The standard InChI is InChI=1S/C16H17Cl2N7O2S/c17-9-2-1-3-10(18)12(9)28(26,27)25-6-4-8(5-7-25)14-21-11-13(19)22-16(20)24-15(11)23-14/h1-3,8H,4-7H2,(H5,19,20,21,22,23,24). The number of H-pyrrole nitrogens is 1. The van der Waals surface area contributed by atoms with Gasteiger partial charge in [-0.3, -0.25) is 0 Å². The second-order valence-electron chi connectivity index (χ2n) is 6.52. The van der Waals surface area contributed by atoms with Crippen LogP contribution >= 0.6 is 23.2 Å². The van der Waals surface area contributed by atoms with Gasteiger partial charge in [-0.15, -0.1) is 0 Å². The fourth-order valence-electron chi connectivity index (χ4n) is 3.38. The highest BCUT2D eigenvalue weighted by molar-refractivity contribution is 7.89. The largest absolute Gasteiger partial charge is 0.382 e. The minimum atomic E-state index is -3.79. The van der Waals surface area contributed by atoms with Crippen LogP contribution in [0, 0.1) is 0 Å². The Morgan fingerprint density at radius 2 is 1.71 bits per heavy atom. The Bertz CT molecular complexity index is 1140. The third kappa shape index (κ3) is 3.26. The van der Waals surface area contributed by atoms with Crippen molar-refractivity contribution in [2.45, 2.75) is 23.7 Å². The molecule has 28 heavy (non-hydrogen) atoms. The Kier molecular flexibility index (Phi) is 4.82. The van der Waals surface area contributed by atoms with Gasteiger partial charge in [0.1, 0.15) is 16.2 Å². The number of nitrogens with one attached hydrogen (secondary N) is 1. The highest BCUT2D eigenvalue weighted by Crippen LogP contribution is 2.35. The van der Waals surface area contributed by atoms with Gasteiger partial charge in [0.15, 0.2) is 11.5 Å². The van der Waals surface area contributed by atoms with Gasteiger partial charge in [0.05, 0.1) is 10.0 Å². The van der Waals surface area contributed by atoms with Gasteiger partial charge in [0.2, 0.25) is 16.0 Å². The molecule has 0 aliphatic carbocycles. The van der Waals surface area contributed by atoms with Crippen molar-refractivity contribution in [2.75, 3.05) is 24.6 Å². The molecule has 5 N–H and O–H groups in total. The molecule has 1 saturated heterocycles. The summed E-state index contributed by atoms with van der Waals surface area (Å²) in [6.07, 6.45) is 1.15. The normalized spacial score (nSPS) is 16.6. The molecule has 1 aromatic carbocycles. The molecule has 1 aliphatic heterocycles. The van der Waals surface area contributed by atoms with Crippen LogP contribution in [0.4, 0.5) is 11.8 Å². The van der Waals surface area contributed by atoms with Crippen LogP contribution in [0.2, 0.25) is 10.0 Å². The first-order valence-corrected chi connectivity index (χ1v) is 10.7. The number of anilines is 2. The molecule has 0 amide bonds. The lowest BCUT2D eigenvalue weighted by atomic mass is 9.97. The number of hydrogen-bond donors (Lipinski definition) is 3. The number of nitrogens with zero attached hydrogens (tertiary/aromatic N) is 4. The van der Waals surface area contributed by atoms with Crippen molar-refractivity contribution < 1.29 is 8.42 Å². The fraction of sp³-hybridized carbons (Fsp3) is 0.312. The van der Waals surface area contributed by atoms with Crippen LogP contribution in [0.5, 0.6) is 0 Å². The van der Waals surface area contributed by atoms with Gasteiger partial charge in [-0.05, 0) is 25.0 Å². The molecule has 0 bridgehead atoms. The summed E-state index contributed by atoms with van der Waals surface area (Å²) in [7, 11) is -3.79. The van der Waals surface area contributed by atoms with Crippen LogP contribution in [0.3, 0.4) is 0 Å². The molecule has 1 fully saturated rings. The lowest BCUT2D eigenvalue weighted by Gasteiger charge is -2.30. The monoisotopic (exact) mass is 441 g/mol. The first-order chi connectivity index (χ1) is 13.3. The van der Waals surface area contributed by atoms with E-state index in [0.717, 1.165) is 0 Å². The van der Waals surface area contributed by atoms with E-state index in [1.54, 1.807) is 6.07 Å². The van der Waals surface area contributed by atoms with E-state index in [-0.39, 0.29) is 32.6 Å². The second-order valence-corrected chi connectivity index (χ2v) is 9.21. The molecule has 3 heterocycles. The first kappa shape index (κ1) is 19.2. The number of hydrogen-bond acceptors (Lipinski definition) is 7. The minimum Gasteiger partial charge on any atom is -0.382 e. The van der Waals surface area contributed by atoms with Crippen LogP contribution in [0.15, 0.2) is 23.1 Å². The van der Waals surface area contributed by atoms with E-state index in [2.05, 4.69) is 19.9 Å². The van der Waals surface area contributed by atoms with Gasteiger partial charge in [-0.25, -0.2) is 13.4 Å². The van der Waals surface area contributed by atoms with Gasteiger partial charge in [0, 0.05) is 19.0 Å². The van der Waals surface area contributed by atoms with Crippen molar-refractivity contribution in [2.24, 2.45) is 0 Å². The van der Waals surface area contributed by atoms with Gasteiger partial charge in [-0.2, -0.15) is 14.3 Å². The molecule has 0 saturated carbocycles. The van der Waals surface area contributed by atoms with Gasteiger partial charge in [0.25, 0.3) is 0 Å². The van der Waals surface area contributed by atoms with Gasteiger partial charge < -0.3 is 16.5 Å². The van der Waals surface area contributed by atoms with Crippen molar-refractivity contribution in [3.8, 4) is 0 Å². The third-order valence-corrected chi connectivity index (χ3v) is 7.63. The minimum absolute atomic E-state index is 0.0305. The topological polar surface area (TPSA) is 144 Å². The number of nitrogens with two attached hydrogens (primary N) is 2. The molecule has 1 aliphatic rings. The number of aromatic nitrogens is 4. The molecule has 4 rings (SSSR count). The number of nitrogen functional groups attached to an aromatic ring is 2. The van der Waals surface area contributed by atoms with Crippen molar-refractivity contribution >= 4 is 56.2 Å². The Balaban J connectivity index is 1.56. The summed E-state index contributed by atoms with van der Waals surface area (Å²) in [5, 5.41) is 0.220. The number of sulfonamides is 1. The Hall–Kier alpha value is -2.14. The highest BCUT2D eigenvalue weighted by Gasteiger charge is 2.33. The predicted octanol–water partition coefficient (Wildman–Crippen LogP) is 2.39. The summed E-state index contributed by atoms with van der Waals surface area (Å²) in [6.45, 7) is 0.629. The SMILES string of the molecule is Nc1nc(N)c2[nH]c(C3CCN(S(=O)(=O)c4c(Cl)cccc4Cl)CC3)nc2n1. The Morgan fingerprint density at radius 3 is 2.36 bits per heavy atom. The molecule has 0 unspecified atom stereocenters. The number of aromatic amines is 1. The zero-order chi connectivity index (χ0) is 20.1. The van der Waals surface area contributed by atoms with Crippen molar-refractivity contribution in [3.63, 3.8) is 0 Å². The number of imidazole rings is 1. The summed E-state index contributed by atoms with van der Waals surface area (Å²) in [4.78, 5) is 15.5. The van der Waals surface area contributed by atoms with Crippen molar-refractivity contribution in [1.82, 2.24) is 24.2 Å². The summed E-state index contributed by atoms with van der Waals surface area (Å²) < 4.78 is 27.4. The van der Waals surface area contributed by atoms with Crippen LogP contribution in [-0.2, 0) is 10.0 Å². The van der Waals surface area contributed by atoms with Crippen LogP contribution in [0.25, 0.3) is 11.2 Å². The van der Waals surface area contributed by atoms with Crippen LogP contribution < -0.4 is 11.5 Å². The molecular formula is C16H17Cl2N7O2S.